The maximum atomic E-state index is 13.1. The number of anilines is 1. The average molecular weight is 510 g/mol. The number of hydrogen-bond acceptors (Lipinski definition) is 4. The van der Waals surface area contributed by atoms with E-state index in [1.807, 2.05) is 48.5 Å². The number of carbonyl (C=O) groups is 2. The second-order valence-electron chi connectivity index (χ2n) is 7.60. The summed E-state index contributed by atoms with van der Waals surface area (Å²) in [6.07, 6.45) is 1.62. The van der Waals surface area contributed by atoms with Gasteiger partial charge in [-0.2, -0.15) is 5.10 Å². The number of nitrogens with zero attached hydrogens (tertiary/aromatic N) is 2. The summed E-state index contributed by atoms with van der Waals surface area (Å²) >= 11 is 3.41. The topological polar surface area (TPSA) is 71.0 Å². The minimum absolute atomic E-state index is 0.0864. The van der Waals surface area contributed by atoms with Crippen LogP contribution in [0.15, 0.2) is 82.4 Å². The Balaban J connectivity index is 1.26. The van der Waals surface area contributed by atoms with Crippen LogP contribution in [-0.2, 0) is 16.2 Å². The van der Waals surface area contributed by atoms with Gasteiger partial charge in [-0.25, -0.2) is 9.82 Å². The van der Waals surface area contributed by atoms with Crippen molar-refractivity contribution in [2.75, 3.05) is 11.4 Å². The van der Waals surface area contributed by atoms with E-state index in [0.29, 0.717) is 12.3 Å². The summed E-state index contributed by atoms with van der Waals surface area (Å²) in [7, 11) is 0. The van der Waals surface area contributed by atoms with Crippen molar-refractivity contribution in [1.82, 2.24) is 5.43 Å². The van der Waals surface area contributed by atoms with Gasteiger partial charge in [0, 0.05) is 23.1 Å². The van der Waals surface area contributed by atoms with E-state index in [1.54, 1.807) is 0 Å². The van der Waals surface area contributed by atoms with Crippen LogP contribution in [-0.4, -0.2) is 24.6 Å². The highest BCUT2D eigenvalue weighted by Gasteiger charge is 2.35. The van der Waals surface area contributed by atoms with Crippen LogP contribution >= 0.6 is 15.9 Å². The molecule has 8 heteroatoms. The molecule has 0 saturated carbocycles. The van der Waals surface area contributed by atoms with Crippen molar-refractivity contribution in [2.24, 2.45) is 11.0 Å². The maximum absolute atomic E-state index is 13.1. The van der Waals surface area contributed by atoms with Gasteiger partial charge in [-0.15, -0.1) is 0 Å². The van der Waals surface area contributed by atoms with Crippen molar-refractivity contribution in [3.8, 4) is 5.75 Å². The first-order valence-corrected chi connectivity index (χ1v) is 11.1. The lowest BCUT2D eigenvalue weighted by molar-refractivity contribution is -0.126. The summed E-state index contributed by atoms with van der Waals surface area (Å²) in [5, 5.41) is 4.00. The number of hydrogen-bond donors (Lipinski definition) is 1. The van der Waals surface area contributed by atoms with Gasteiger partial charge >= 0.3 is 0 Å². The van der Waals surface area contributed by atoms with Crippen molar-refractivity contribution in [1.29, 1.82) is 0 Å². The molecular weight excluding hydrogens is 489 g/mol. The van der Waals surface area contributed by atoms with Gasteiger partial charge in [0.25, 0.3) is 0 Å². The SMILES string of the molecule is O=C(N/N=C\c1ccc(OCc2ccc(Br)cc2)cc1)[C@H]1CC(=O)N(c2ccc(F)cc2)C1. The van der Waals surface area contributed by atoms with Gasteiger partial charge in [0.2, 0.25) is 11.8 Å². The third-order valence-corrected chi connectivity index (χ3v) is 5.75. The minimum atomic E-state index is -0.519. The van der Waals surface area contributed by atoms with Gasteiger partial charge in [0.1, 0.15) is 18.2 Å². The molecule has 1 aliphatic heterocycles. The summed E-state index contributed by atoms with van der Waals surface area (Å²) in [5.74, 6) is -0.681. The molecule has 1 saturated heterocycles. The van der Waals surface area contributed by atoms with Crippen LogP contribution in [0.2, 0.25) is 0 Å². The highest BCUT2D eigenvalue weighted by molar-refractivity contribution is 9.10. The van der Waals surface area contributed by atoms with Crippen molar-refractivity contribution < 1.29 is 18.7 Å². The Hall–Kier alpha value is -3.52. The molecule has 0 radical (unpaired) electrons. The molecule has 0 aliphatic carbocycles. The fraction of sp³-hybridized carbons (Fsp3) is 0.160. The molecule has 1 N–H and O–H groups in total. The first-order chi connectivity index (χ1) is 16.0. The zero-order chi connectivity index (χ0) is 23.2. The van der Waals surface area contributed by atoms with Crippen LogP contribution in [0.1, 0.15) is 17.5 Å². The number of carbonyl (C=O) groups excluding carboxylic acids is 2. The van der Waals surface area contributed by atoms with Crippen LogP contribution in [0.3, 0.4) is 0 Å². The summed E-state index contributed by atoms with van der Waals surface area (Å²) in [5.41, 5.74) is 4.93. The second kappa shape index (κ2) is 10.4. The number of nitrogens with one attached hydrogen (secondary N) is 1. The molecule has 2 amide bonds. The molecule has 33 heavy (non-hydrogen) atoms. The Kier molecular flexibility index (Phi) is 7.14. The molecule has 4 rings (SSSR count). The second-order valence-corrected chi connectivity index (χ2v) is 8.52. The lowest BCUT2D eigenvalue weighted by atomic mass is 10.1. The van der Waals surface area contributed by atoms with Crippen LogP contribution in [0.25, 0.3) is 0 Å². The molecule has 3 aromatic rings. The molecular formula is C25H21BrFN3O3. The molecule has 1 aliphatic rings. The van der Waals surface area contributed by atoms with E-state index in [2.05, 4.69) is 26.5 Å². The normalized spacial score (nSPS) is 15.8. The zero-order valence-corrected chi connectivity index (χ0v) is 19.2. The highest BCUT2D eigenvalue weighted by Crippen LogP contribution is 2.25. The fourth-order valence-electron chi connectivity index (χ4n) is 3.41. The summed E-state index contributed by atoms with van der Waals surface area (Å²) in [6, 6.07) is 20.9. The number of rotatable bonds is 7. The number of halogens is 2. The minimum Gasteiger partial charge on any atom is -0.489 e. The molecule has 1 atom stereocenters. The van der Waals surface area contributed by atoms with Crippen molar-refractivity contribution in [2.45, 2.75) is 13.0 Å². The first-order valence-electron chi connectivity index (χ1n) is 10.3. The van der Waals surface area contributed by atoms with E-state index in [0.717, 1.165) is 21.3 Å². The van der Waals surface area contributed by atoms with Crippen molar-refractivity contribution in [3.63, 3.8) is 0 Å². The van der Waals surface area contributed by atoms with E-state index < -0.39 is 5.92 Å². The Labute approximate surface area is 199 Å². The Morgan fingerprint density at radius 1 is 1.09 bits per heavy atom. The number of benzene rings is 3. The smallest absolute Gasteiger partial charge is 0.245 e. The van der Waals surface area contributed by atoms with Crippen LogP contribution in [0.4, 0.5) is 10.1 Å². The molecule has 1 fully saturated rings. The van der Waals surface area contributed by atoms with Gasteiger partial charge < -0.3 is 9.64 Å². The first kappa shape index (κ1) is 22.7. The molecule has 3 aromatic carbocycles. The maximum Gasteiger partial charge on any atom is 0.245 e. The van der Waals surface area contributed by atoms with Gasteiger partial charge in [0.15, 0.2) is 0 Å². The standard InChI is InChI=1S/C25H21BrFN3O3/c26-20-5-1-18(2-6-20)16-33-23-11-3-17(4-12-23)14-28-29-25(32)19-13-24(31)30(15-19)22-9-7-21(27)8-10-22/h1-12,14,19H,13,15-16H2,(H,29,32)/b28-14-/t19-/m0/s1. The summed E-state index contributed by atoms with van der Waals surface area (Å²) in [6.45, 7) is 0.696. The lowest BCUT2D eigenvalue weighted by Crippen LogP contribution is -2.30. The van der Waals surface area contributed by atoms with E-state index in [4.69, 9.17) is 4.74 Å². The largest absolute Gasteiger partial charge is 0.489 e. The molecule has 0 aromatic heterocycles. The van der Waals surface area contributed by atoms with Crippen LogP contribution in [0, 0.1) is 11.7 Å². The van der Waals surface area contributed by atoms with Crippen molar-refractivity contribution >= 4 is 39.6 Å². The molecule has 6 nitrogen and oxygen atoms in total. The van der Waals surface area contributed by atoms with Crippen LogP contribution < -0.4 is 15.1 Å². The number of amides is 2. The molecule has 0 unspecified atom stereocenters. The van der Waals surface area contributed by atoms with Gasteiger partial charge in [-0.1, -0.05) is 28.1 Å². The van der Waals surface area contributed by atoms with Crippen LogP contribution in [0.5, 0.6) is 5.75 Å². The third-order valence-electron chi connectivity index (χ3n) is 5.22. The highest BCUT2D eigenvalue weighted by atomic mass is 79.9. The van der Waals surface area contributed by atoms with Gasteiger partial charge in [0.05, 0.1) is 12.1 Å². The molecule has 168 valence electrons. The van der Waals surface area contributed by atoms with Crippen molar-refractivity contribution in [3.05, 3.63) is 94.2 Å². The number of ether oxygens (including phenoxy) is 1. The van der Waals surface area contributed by atoms with Gasteiger partial charge in [-0.3, -0.25) is 9.59 Å². The van der Waals surface area contributed by atoms with E-state index in [-0.39, 0.29) is 30.6 Å². The zero-order valence-electron chi connectivity index (χ0n) is 17.6. The molecule has 0 spiro atoms. The average Bonchev–Trinajstić information content (AvgIpc) is 3.22. The van der Waals surface area contributed by atoms with E-state index >= 15 is 0 Å². The lowest BCUT2D eigenvalue weighted by Gasteiger charge is -2.16. The predicted molar refractivity (Wildman–Crippen MR) is 128 cm³/mol. The molecule has 1 heterocycles. The number of hydrazone groups is 1. The quantitative estimate of drug-likeness (QED) is 0.371. The summed E-state index contributed by atoms with van der Waals surface area (Å²) < 4.78 is 19.9. The third kappa shape index (κ3) is 6.04. The monoisotopic (exact) mass is 509 g/mol. The predicted octanol–water partition coefficient (Wildman–Crippen LogP) is 4.67. The summed E-state index contributed by atoms with van der Waals surface area (Å²) in [4.78, 5) is 26.2. The fourth-order valence-corrected chi connectivity index (χ4v) is 3.68. The van der Waals surface area contributed by atoms with Gasteiger partial charge in [-0.05, 0) is 71.8 Å². The Morgan fingerprint density at radius 3 is 2.48 bits per heavy atom. The Morgan fingerprint density at radius 2 is 1.79 bits per heavy atom. The van der Waals surface area contributed by atoms with E-state index in [9.17, 15) is 14.0 Å². The van der Waals surface area contributed by atoms with E-state index in [1.165, 1.54) is 35.4 Å². The Bertz CT molecular complexity index is 1150. The molecule has 0 bridgehead atoms.